The predicted octanol–water partition coefficient (Wildman–Crippen LogP) is 3.17. The topological polar surface area (TPSA) is 72.5 Å². The number of aromatic amines is 1. The number of halogens is 4. The van der Waals surface area contributed by atoms with Gasteiger partial charge in [0.2, 0.25) is 0 Å². The molecule has 9 heteroatoms. The molecule has 0 saturated heterocycles. The smallest absolute Gasteiger partial charge is 0.383 e. The standard InChI is InChI=1S/C12H9BrF3N5/c13-7-4-2-1-3-6(7)5-21-11-8(10(17)18-19-11)9(20-21)12(14,15)16/h1-4H,5H2,(H3,17,18,19). The van der Waals surface area contributed by atoms with E-state index in [1.165, 1.54) is 4.68 Å². The van der Waals surface area contributed by atoms with E-state index in [1.807, 2.05) is 6.07 Å². The summed E-state index contributed by atoms with van der Waals surface area (Å²) in [6.45, 7) is 0.151. The van der Waals surface area contributed by atoms with Gasteiger partial charge in [0.05, 0.1) is 11.9 Å². The summed E-state index contributed by atoms with van der Waals surface area (Å²) in [6, 6.07) is 7.21. The van der Waals surface area contributed by atoms with Crippen molar-refractivity contribution in [3.05, 3.63) is 40.0 Å². The lowest BCUT2D eigenvalue weighted by atomic mass is 10.2. The molecule has 21 heavy (non-hydrogen) atoms. The maximum Gasteiger partial charge on any atom is 0.435 e. The van der Waals surface area contributed by atoms with E-state index in [2.05, 4.69) is 31.2 Å². The molecule has 0 atom stereocenters. The summed E-state index contributed by atoms with van der Waals surface area (Å²) in [7, 11) is 0. The van der Waals surface area contributed by atoms with Gasteiger partial charge in [-0.25, -0.2) is 4.68 Å². The van der Waals surface area contributed by atoms with Gasteiger partial charge in [0.15, 0.2) is 11.3 Å². The van der Waals surface area contributed by atoms with Crippen LogP contribution in [0.1, 0.15) is 11.3 Å². The number of aromatic nitrogens is 4. The van der Waals surface area contributed by atoms with Gasteiger partial charge in [-0.1, -0.05) is 34.1 Å². The Kier molecular flexibility index (Phi) is 3.16. The number of nitrogens with zero attached hydrogens (tertiary/aromatic N) is 3. The number of alkyl halides is 3. The van der Waals surface area contributed by atoms with Gasteiger partial charge in [-0.2, -0.15) is 23.4 Å². The third-order valence-electron chi connectivity index (χ3n) is 3.02. The first-order chi connectivity index (χ1) is 9.88. The fourth-order valence-corrected chi connectivity index (χ4v) is 2.49. The van der Waals surface area contributed by atoms with Gasteiger partial charge in [0, 0.05) is 4.47 Å². The van der Waals surface area contributed by atoms with Crippen molar-refractivity contribution in [2.24, 2.45) is 0 Å². The first kappa shape index (κ1) is 13.9. The van der Waals surface area contributed by atoms with E-state index in [4.69, 9.17) is 5.73 Å². The molecule has 1 aromatic carbocycles. The van der Waals surface area contributed by atoms with Crippen LogP contribution >= 0.6 is 15.9 Å². The van der Waals surface area contributed by atoms with Crippen LogP contribution in [0.5, 0.6) is 0 Å². The van der Waals surface area contributed by atoms with Gasteiger partial charge in [-0.3, -0.25) is 5.10 Å². The average molecular weight is 360 g/mol. The molecule has 0 saturated carbocycles. The predicted molar refractivity (Wildman–Crippen MR) is 74.5 cm³/mol. The summed E-state index contributed by atoms with van der Waals surface area (Å²) >= 11 is 3.35. The van der Waals surface area contributed by atoms with Gasteiger partial charge >= 0.3 is 6.18 Å². The highest BCUT2D eigenvalue weighted by Crippen LogP contribution is 2.36. The molecular formula is C12H9BrF3N5. The lowest BCUT2D eigenvalue weighted by molar-refractivity contribution is -0.140. The highest BCUT2D eigenvalue weighted by Gasteiger charge is 2.38. The van der Waals surface area contributed by atoms with Crippen molar-refractivity contribution in [1.29, 1.82) is 0 Å². The molecule has 5 nitrogen and oxygen atoms in total. The Balaban J connectivity index is 2.14. The largest absolute Gasteiger partial charge is 0.435 e. The Bertz CT molecular complexity index is 805. The molecule has 0 fully saturated rings. The summed E-state index contributed by atoms with van der Waals surface area (Å²) in [5.74, 6) is -0.143. The Morgan fingerprint density at radius 2 is 2.00 bits per heavy atom. The summed E-state index contributed by atoms with van der Waals surface area (Å²) in [4.78, 5) is 0. The van der Waals surface area contributed by atoms with Crippen LogP contribution in [0.2, 0.25) is 0 Å². The second-order valence-electron chi connectivity index (χ2n) is 4.43. The number of anilines is 1. The highest BCUT2D eigenvalue weighted by molar-refractivity contribution is 9.10. The van der Waals surface area contributed by atoms with Gasteiger partial charge in [0.1, 0.15) is 5.82 Å². The van der Waals surface area contributed by atoms with Crippen molar-refractivity contribution < 1.29 is 13.2 Å². The van der Waals surface area contributed by atoms with Crippen molar-refractivity contribution in [1.82, 2.24) is 20.0 Å². The summed E-state index contributed by atoms with van der Waals surface area (Å²) in [6.07, 6.45) is -4.59. The van der Waals surface area contributed by atoms with Crippen LogP contribution in [-0.2, 0) is 12.7 Å². The summed E-state index contributed by atoms with van der Waals surface area (Å²) in [5.41, 5.74) is 5.37. The maximum atomic E-state index is 13.0. The lowest BCUT2D eigenvalue weighted by Gasteiger charge is -2.05. The molecule has 3 rings (SSSR count). The molecule has 0 aliphatic carbocycles. The Labute approximate surface area is 125 Å². The zero-order chi connectivity index (χ0) is 15.2. The number of rotatable bonds is 2. The van der Waals surface area contributed by atoms with Crippen molar-refractivity contribution in [3.63, 3.8) is 0 Å². The Hall–Kier alpha value is -2.03. The molecule has 2 aromatic heterocycles. The fraction of sp³-hybridized carbons (Fsp3) is 0.167. The van der Waals surface area contributed by atoms with Crippen molar-refractivity contribution in [2.75, 3.05) is 5.73 Å². The number of nitrogens with two attached hydrogens (primary N) is 1. The van der Waals surface area contributed by atoms with E-state index >= 15 is 0 Å². The Morgan fingerprint density at radius 1 is 1.29 bits per heavy atom. The third-order valence-corrected chi connectivity index (χ3v) is 3.80. The number of H-pyrrole nitrogens is 1. The molecule has 0 bridgehead atoms. The maximum absolute atomic E-state index is 13.0. The van der Waals surface area contributed by atoms with Crippen molar-refractivity contribution in [2.45, 2.75) is 12.7 Å². The number of hydrogen-bond acceptors (Lipinski definition) is 3. The summed E-state index contributed by atoms with van der Waals surface area (Å²) < 4.78 is 41.0. The molecule has 0 radical (unpaired) electrons. The zero-order valence-corrected chi connectivity index (χ0v) is 12.0. The minimum atomic E-state index is -4.59. The lowest BCUT2D eigenvalue weighted by Crippen LogP contribution is -2.10. The van der Waals surface area contributed by atoms with E-state index in [1.54, 1.807) is 18.2 Å². The molecule has 110 valence electrons. The van der Waals surface area contributed by atoms with Gasteiger partial charge in [0.25, 0.3) is 0 Å². The number of hydrogen-bond donors (Lipinski definition) is 2. The van der Waals surface area contributed by atoms with E-state index in [-0.39, 0.29) is 23.4 Å². The molecule has 0 unspecified atom stereocenters. The van der Waals surface area contributed by atoms with Gasteiger partial charge in [-0.15, -0.1) is 0 Å². The normalized spacial score (nSPS) is 12.2. The molecule has 3 N–H and O–H groups in total. The van der Waals surface area contributed by atoms with Crippen LogP contribution in [0.3, 0.4) is 0 Å². The van der Waals surface area contributed by atoms with E-state index in [0.717, 1.165) is 10.0 Å². The van der Waals surface area contributed by atoms with Crippen molar-refractivity contribution >= 4 is 32.8 Å². The summed E-state index contributed by atoms with van der Waals surface area (Å²) in [5, 5.41) is 9.61. The quantitative estimate of drug-likeness (QED) is 0.737. The van der Waals surface area contributed by atoms with Gasteiger partial charge < -0.3 is 5.73 Å². The van der Waals surface area contributed by atoms with Gasteiger partial charge in [-0.05, 0) is 11.6 Å². The van der Waals surface area contributed by atoms with Crippen LogP contribution in [0.4, 0.5) is 19.0 Å². The molecule has 0 amide bonds. The van der Waals surface area contributed by atoms with Crippen LogP contribution in [0.25, 0.3) is 11.0 Å². The van der Waals surface area contributed by atoms with Crippen LogP contribution in [-0.4, -0.2) is 20.0 Å². The highest BCUT2D eigenvalue weighted by atomic mass is 79.9. The van der Waals surface area contributed by atoms with Crippen molar-refractivity contribution in [3.8, 4) is 0 Å². The van der Waals surface area contributed by atoms with Crippen LogP contribution in [0, 0.1) is 0 Å². The van der Waals surface area contributed by atoms with Crippen LogP contribution in [0.15, 0.2) is 28.7 Å². The first-order valence-corrected chi connectivity index (χ1v) is 6.68. The minimum absolute atomic E-state index is 0.0792. The first-order valence-electron chi connectivity index (χ1n) is 5.89. The molecular weight excluding hydrogens is 351 g/mol. The molecule has 2 heterocycles. The second-order valence-corrected chi connectivity index (χ2v) is 5.29. The number of benzene rings is 1. The SMILES string of the molecule is Nc1[nH]nc2c1c(C(F)(F)F)nn2Cc1ccccc1Br. The zero-order valence-electron chi connectivity index (χ0n) is 10.4. The molecule has 0 spiro atoms. The Morgan fingerprint density at radius 3 is 2.67 bits per heavy atom. The average Bonchev–Trinajstić information content (AvgIpc) is 2.94. The number of nitrogen functional groups attached to an aromatic ring is 1. The number of nitrogens with one attached hydrogen (secondary N) is 1. The molecule has 0 aliphatic rings. The fourth-order valence-electron chi connectivity index (χ4n) is 2.08. The van der Waals surface area contributed by atoms with E-state index in [0.29, 0.717) is 0 Å². The monoisotopic (exact) mass is 359 g/mol. The molecule has 3 aromatic rings. The minimum Gasteiger partial charge on any atom is -0.383 e. The van der Waals surface area contributed by atoms with E-state index < -0.39 is 11.9 Å². The van der Waals surface area contributed by atoms with Crippen LogP contribution < -0.4 is 5.73 Å². The third kappa shape index (κ3) is 2.37. The van der Waals surface area contributed by atoms with E-state index in [9.17, 15) is 13.2 Å². The second kappa shape index (κ2) is 4.76. The molecule has 0 aliphatic heterocycles. The number of fused-ring (bicyclic) bond motifs is 1.